The number of benzene rings is 2. The first kappa shape index (κ1) is 17.5. The number of fused-ring (bicyclic) bond motifs is 1. The minimum Gasteiger partial charge on any atom is -0.496 e. The third-order valence-electron chi connectivity index (χ3n) is 4.18. The van der Waals surface area contributed by atoms with Crippen molar-refractivity contribution in [3.8, 4) is 5.75 Å². The van der Waals surface area contributed by atoms with Gasteiger partial charge in [-0.05, 0) is 29.8 Å². The molecule has 0 saturated carbocycles. The average molecular weight is 403 g/mol. The fourth-order valence-electron chi connectivity index (χ4n) is 2.89. The van der Waals surface area contributed by atoms with E-state index in [9.17, 15) is 9.90 Å². The van der Waals surface area contributed by atoms with E-state index < -0.39 is 12.0 Å². The zero-order valence-corrected chi connectivity index (χ0v) is 15.3. The number of aliphatic carboxylic acids is 1. The molecular formula is C19H19BrN2O3. The van der Waals surface area contributed by atoms with Crippen molar-refractivity contribution >= 4 is 32.8 Å². The Hall–Kier alpha value is -2.31. The summed E-state index contributed by atoms with van der Waals surface area (Å²) in [6.45, 7) is 0.405. The molecule has 2 aromatic carbocycles. The zero-order valence-electron chi connectivity index (χ0n) is 13.8. The molecule has 0 saturated heterocycles. The Morgan fingerprint density at radius 2 is 2.08 bits per heavy atom. The van der Waals surface area contributed by atoms with Crippen LogP contribution in [-0.4, -0.2) is 29.2 Å². The number of carboxylic acids is 1. The van der Waals surface area contributed by atoms with Crippen LogP contribution in [0, 0.1) is 0 Å². The summed E-state index contributed by atoms with van der Waals surface area (Å²) in [4.78, 5) is 14.9. The lowest BCUT2D eigenvalue weighted by Crippen LogP contribution is -2.38. The lowest BCUT2D eigenvalue weighted by atomic mass is 10.0. The van der Waals surface area contributed by atoms with Gasteiger partial charge in [-0.25, -0.2) is 0 Å². The monoisotopic (exact) mass is 402 g/mol. The van der Waals surface area contributed by atoms with E-state index in [4.69, 9.17) is 4.74 Å². The van der Waals surface area contributed by atoms with E-state index in [2.05, 4.69) is 26.2 Å². The number of halogens is 1. The summed E-state index contributed by atoms with van der Waals surface area (Å²) in [7, 11) is 1.60. The molecule has 3 aromatic rings. The second-order valence-electron chi connectivity index (χ2n) is 5.79. The molecule has 1 atom stereocenters. The molecule has 0 aliphatic rings. The number of methoxy groups -OCH3 is 1. The molecule has 1 heterocycles. The predicted molar refractivity (Wildman–Crippen MR) is 101 cm³/mol. The van der Waals surface area contributed by atoms with Crippen molar-refractivity contribution in [2.24, 2.45) is 0 Å². The third-order valence-corrected chi connectivity index (χ3v) is 4.67. The third kappa shape index (κ3) is 4.03. The van der Waals surface area contributed by atoms with Crippen LogP contribution in [0.2, 0.25) is 0 Å². The molecule has 1 aromatic heterocycles. The van der Waals surface area contributed by atoms with Gasteiger partial charge in [0.05, 0.1) is 7.11 Å². The molecule has 3 N–H and O–H groups in total. The molecule has 0 spiro atoms. The van der Waals surface area contributed by atoms with Gasteiger partial charge in [0.2, 0.25) is 0 Å². The number of hydrogen-bond acceptors (Lipinski definition) is 3. The van der Waals surface area contributed by atoms with E-state index in [1.54, 1.807) is 7.11 Å². The quantitative estimate of drug-likeness (QED) is 0.562. The molecule has 6 heteroatoms. The summed E-state index contributed by atoms with van der Waals surface area (Å²) in [6.07, 6.45) is 2.28. The fourth-order valence-corrected chi connectivity index (χ4v) is 3.29. The highest BCUT2D eigenvalue weighted by Crippen LogP contribution is 2.23. The van der Waals surface area contributed by atoms with Crippen molar-refractivity contribution < 1.29 is 14.6 Å². The van der Waals surface area contributed by atoms with Crippen molar-refractivity contribution in [2.45, 2.75) is 19.0 Å². The largest absolute Gasteiger partial charge is 0.496 e. The van der Waals surface area contributed by atoms with Crippen LogP contribution in [0.15, 0.2) is 53.1 Å². The number of rotatable bonds is 7. The van der Waals surface area contributed by atoms with Crippen LogP contribution in [-0.2, 0) is 17.8 Å². The summed E-state index contributed by atoms with van der Waals surface area (Å²) in [5.74, 6) is -0.147. The van der Waals surface area contributed by atoms with E-state index >= 15 is 0 Å². The molecule has 5 nitrogen and oxygen atoms in total. The van der Waals surface area contributed by atoms with Gasteiger partial charge in [0.1, 0.15) is 11.8 Å². The number of para-hydroxylation sites is 1. The molecule has 0 radical (unpaired) electrons. The standard InChI is InChI=1S/C19H19BrN2O3/c1-25-18-7-6-14(20)8-13(18)11-22-17(19(23)24)9-12-10-21-16-5-3-2-4-15(12)16/h2-8,10,17,21-22H,9,11H2,1H3,(H,23,24). The highest BCUT2D eigenvalue weighted by atomic mass is 79.9. The Bertz CT molecular complexity index is 891. The number of aromatic amines is 1. The number of ether oxygens (including phenoxy) is 1. The maximum absolute atomic E-state index is 11.7. The second-order valence-corrected chi connectivity index (χ2v) is 6.71. The minimum absolute atomic E-state index is 0.398. The Morgan fingerprint density at radius 1 is 1.28 bits per heavy atom. The molecule has 130 valence electrons. The van der Waals surface area contributed by atoms with E-state index in [0.29, 0.717) is 13.0 Å². The van der Waals surface area contributed by atoms with Gasteiger partial charge in [-0.3, -0.25) is 10.1 Å². The molecule has 25 heavy (non-hydrogen) atoms. The van der Waals surface area contributed by atoms with E-state index in [0.717, 1.165) is 32.3 Å². The van der Waals surface area contributed by atoms with Gasteiger partial charge in [-0.2, -0.15) is 0 Å². The number of nitrogens with one attached hydrogen (secondary N) is 2. The van der Waals surface area contributed by atoms with Crippen LogP contribution in [0.4, 0.5) is 0 Å². The van der Waals surface area contributed by atoms with Gasteiger partial charge in [0.15, 0.2) is 0 Å². The van der Waals surface area contributed by atoms with E-state index in [1.165, 1.54) is 0 Å². The van der Waals surface area contributed by atoms with Crippen molar-refractivity contribution in [1.29, 1.82) is 0 Å². The number of carboxylic acid groups (broad SMARTS) is 1. The maximum Gasteiger partial charge on any atom is 0.321 e. The van der Waals surface area contributed by atoms with Crippen LogP contribution in [0.5, 0.6) is 5.75 Å². The first-order chi connectivity index (χ1) is 12.1. The SMILES string of the molecule is COc1ccc(Br)cc1CNC(Cc1c[nH]c2ccccc12)C(=O)O. The predicted octanol–water partition coefficient (Wildman–Crippen LogP) is 3.72. The maximum atomic E-state index is 11.7. The van der Waals surface area contributed by atoms with Gasteiger partial charge < -0.3 is 14.8 Å². The van der Waals surface area contributed by atoms with Crippen molar-refractivity contribution in [1.82, 2.24) is 10.3 Å². The van der Waals surface area contributed by atoms with Crippen molar-refractivity contribution in [2.75, 3.05) is 7.11 Å². The van der Waals surface area contributed by atoms with Crippen molar-refractivity contribution in [3.05, 3.63) is 64.3 Å². The molecule has 0 amide bonds. The first-order valence-corrected chi connectivity index (χ1v) is 8.71. The van der Waals surface area contributed by atoms with Gasteiger partial charge >= 0.3 is 5.97 Å². The number of H-pyrrole nitrogens is 1. The summed E-state index contributed by atoms with van der Waals surface area (Å²) < 4.78 is 6.27. The smallest absolute Gasteiger partial charge is 0.321 e. The minimum atomic E-state index is -0.876. The van der Waals surface area contributed by atoms with Gasteiger partial charge in [-0.1, -0.05) is 34.1 Å². The topological polar surface area (TPSA) is 74.3 Å². The molecule has 0 bridgehead atoms. The zero-order chi connectivity index (χ0) is 17.8. The second kappa shape index (κ2) is 7.72. The fraction of sp³-hybridized carbons (Fsp3) is 0.211. The van der Waals surface area contributed by atoms with Crippen LogP contribution in [0.3, 0.4) is 0 Å². The number of hydrogen-bond donors (Lipinski definition) is 3. The molecule has 0 fully saturated rings. The Morgan fingerprint density at radius 3 is 2.84 bits per heavy atom. The van der Waals surface area contributed by atoms with E-state index in [-0.39, 0.29) is 0 Å². The average Bonchev–Trinajstić information content (AvgIpc) is 3.01. The molecular weight excluding hydrogens is 384 g/mol. The summed E-state index contributed by atoms with van der Waals surface area (Å²) in [5.41, 5.74) is 2.90. The number of aromatic nitrogens is 1. The molecule has 0 aliphatic heterocycles. The van der Waals surface area contributed by atoms with Gasteiger partial charge in [-0.15, -0.1) is 0 Å². The molecule has 0 aliphatic carbocycles. The molecule has 3 rings (SSSR count). The summed E-state index contributed by atoms with van der Waals surface area (Å²) in [5, 5.41) is 13.8. The van der Waals surface area contributed by atoms with E-state index in [1.807, 2.05) is 48.7 Å². The normalized spacial score (nSPS) is 12.2. The Balaban J connectivity index is 1.76. The Kier molecular flexibility index (Phi) is 5.40. The van der Waals surface area contributed by atoms with Crippen LogP contribution >= 0.6 is 15.9 Å². The first-order valence-electron chi connectivity index (χ1n) is 7.92. The van der Waals surface area contributed by atoms with Gasteiger partial charge in [0, 0.05) is 40.1 Å². The lowest BCUT2D eigenvalue weighted by Gasteiger charge is -2.16. The molecule has 1 unspecified atom stereocenters. The van der Waals surface area contributed by atoms with Crippen LogP contribution in [0.25, 0.3) is 10.9 Å². The summed E-state index contributed by atoms with van der Waals surface area (Å²) in [6, 6.07) is 12.9. The lowest BCUT2D eigenvalue weighted by molar-refractivity contribution is -0.139. The van der Waals surface area contributed by atoms with Crippen LogP contribution < -0.4 is 10.1 Å². The van der Waals surface area contributed by atoms with Crippen LogP contribution in [0.1, 0.15) is 11.1 Å². The Labute approximate surface area is 154 Å². The van der Waals surface area contributed by atoms with Gasteiger partial charge in [0.25, 0.3) is 0 Å². The highest BCUT2D eigenvalue weighted by molar-refractivity contribution is 9.10. The van der Waals surface area contributed by atoms with Crippen molar-refractivity contribution in [3.63, 3.8) is 0 Å². The number of carbonyl (C=O) groups is 1. The summed E-state index contributed by atoms with van der Waals surface area (Å²) >= 11 is 3.43. The highest BCUT2D eigenvalue weighted by Gasteiger charge is 2.20.